The van der Waals surface area contributed by atoms with Crippen molar-refractivity contribution < 1.29 is 28.6 Å². The van der Waals surface area contributed by atoms with Crippen molar-refractivity contribution in [2.24, 2.45) is 0 Å². The minimum atomic E-state index is -0.807. The monoisotopic (exact) mass is 1130 g/mol. The van der Waals surface area contributed by atoms with Crippen LogP contribution in [0.4, 0.5) is 0 Å². The predicted octanol–water partition coefficient (Wildman–Crippen LogP) is 23.3. The first-order chi connectivity index (χ1) is 40.5. The molecule has 82 heavy (non-hydrogen) atoms. The van der Waals surface area contributed by atoms with Crippen LogP contribution >= 0.6 is 0 Å². The molecule has 0 spiro atoms. The second-order valence-corrected chi connectivity index (χ2v) is 21.6. The Bertz CT molecular complexity index is 1830. The van der Waals surface area contributed by atoms with Crippen LogP contribution in [0.3, 0.4) is 0 Å². The maximum atomic E-state index is 12.9. The van der Waals surface area contributed by atoms with Crippen molar-refractivity contribution in [3.8, 4) is 0 Å². The second-order valence-electron chi connectivity index (χ2n) is 21.6. The lowest BCUT2D eigenvalue weighted by Gasteiger charge is -2.18. The van der Waals surface area contributed by atoms with E-state index in [0.717, 1.165) is 161 Å². The molecule has 0 aromatic carbocycles. The number of carbonyl (C=O) groups is 3. The first-order valence-electron chi connectivity index (χ1n) is 33.5. The number of carbonyl (C=O) groups excluding carboxylic acids is 3. The van der Waals surface area contributed by atoms with Gasteiger partial charge in [-0.2, -0.15) is 0 Å². The zero-order valence-corrected chi connectivity index (χ0v) is 52.9. The molecule has 0 N–H and O–H groups in total. The molecule has 0 aromatic heterocycles. The summed E-state index contributed by atoms with van der Waals surface area (Å²) < 4.78 is 16.9. The van der Waals surface area contributed by atoms with Crippen LogP contribution in [-0.4, -0.2) is 37.2 Å². The molecule has 0 radical (unpaired) electrons. The van der Waals surface area contributed by atoms with E-state index in [2.05, 4.69) is 179 Å². The Balaban J connectivity index is 4.43. The molecule has 6 heteroatoms. The topological polar surface area (TPSA) is 78.9 Å². The van der Waals surface area contributed by atoms with Crippen LogP contribution in [0.2, 0.25) is 0 Å². The van der Waals surface area contributed by atoms with Gasteiger partial charge in [-0.1, -0.05) is 294 Å². The Morgan fingerprint density at radius 2 is 0.476 bits per heavy atom. The fraction of sp³-hybridized carbons (Fsp3) is 0.618. The third-order valence-electron chi connectivity index (χ3n) is 13.8. The Hall–Kier alpha value is -4.97. The normalized spacial score (nSPS) is 13.2. The van der Waals surface area contributed by atoms with Gasteiger partial charge in [0.1, 0.15) is 13.2 Å². The highest BCUT2D eigenvalue weighted by Crippen LogP contribution is 2.15. The molecule has 0 amide bonds. The molecular formula is C76H122O6. The average molecular weight is 1130 g/mol. The number of unbranched alkanes of at least 4 members (excludes halogenated alkanes) is 22. The van der Waals surface area contributed by atoms with Gasteiger partial charge in [0.25, 0.3) is 0 Å². The number of esters is 3. The van der Waals surface area contributed by atoms with Gasteiger partial charge in [-0.05, 0) is 128 Å². The largest absolute Gasteiger partial charge is 0.462 e. The van der Waals surface area contributed by atoms with Gasteiger partial charge in [0.15, 0.2) is 6.10 Å². The van der Waals surface area contributed by atoms with Crippen LogP contribution in [0.1, 0.15) is 284 Å². The molecular weight excluding hydrogens is 1010 g/mol. The molecule has 0 aromatic rings. The van der Waals surface area contributed by atoms with Gasteiger partial charge in [0.2, 0.25) is 0 Å². The molecule has 0 bridgehead atoms. The second kappa shape index (κ2) is 68.5. The smallest absolute Gasteiger partial charge is 0.306 e. The molecule has 0 saturated heterocycles. The molecule has 0 rings (SSSR count). The van der Waals surface area contributed by atoms with E-state index in [0.29, 0.717) is 19.3 Å². The number of rotatable bonds is 59. The first kappa shape index (κ1) is 77.0. The third kappa shape index (κ3) is 65.8. The maximum Gasteiger partial charge on any atom is 0.306 e. The highest BCUT2D eigenvalue weighted by atomic mass is 16.6. The van der Waals surface area contributed by atoms with Crippen LogP contribution in [0, 0.1) is 0 Å². The van der Waals surface area contributed by atoms with Crippen LogP contribution in [-0.2, 0) is 28.6 Å². The van der Waals surface area contributed by atoms with Gasteiger partial charge in [-0.3, -0.25) is 14.4 Å². The van der Waals surface area contributed by atoms with E-state index in [-0.39, 0.29) is 31.1 Å². The number of ether oxygens (including phenoxy) is 3. The fourth-order valence-corrected chi connectivity index (χ4v) is 8.84. The number of hydrogen-bond acceptors (Lipinski definition) is 6. The van der Waals surface area contributed by atoms with Crippen molar-refractivity contribution in [3.05, 3.63) is 158 Å². The number of hydrogen-bond donors (Lipinski definition) is 0. The first-order valence-corrected chi connectivity index (χ1v) is 33.5. The minimum absolute atomic E-state index is 0.0982. The van der Waals surface area contributed by atoms with Crippen LogP contribution in [0.15, 0.2) is 158 Å². The van der Waals surface area contributed by atoms with Gasteiger partial charge in [0.05, 0.1) is 0 Å². The molecule has 0 fully saturated rings. The van der Waals surface area contributed by atoms with Crippen molar-refractivity contribution in [2.75, 3.05) is 13.2 Å². The predicted molar refractivity (Wildman–Crippen MR) is 357 cm³/mol. The van der Waals surface area contributed by atoms with Gasteiger partial charge in [-0.25, -0.2) is 0 Å². The Labute approximate surface area is 505 Å². The average Bonchev–Trinajstić information content (AvgIpc) is 3.47. The summed E-state index contributed by atoms with van der Waals surface area (Å²) in [6.07, 6.45) is 99.6. The molecule has 0 heterocycles. The summed E-state index contributed by atoms with van der Waals surface area (Å²) in [6.45, 7) is 6.38. The summed E-state index contributed by atoms with van der Waals surface area (Å²) in [5, 5.41) is 0. The van der Waals surface area contributed by atoms with Crippen molar-refractivity contribution >= 4 is 17.9 Å². The Kier molecular flexibility index (Phi) is 64.4. The van der Waals surface area contributed by atoms with E-state index in [1.807, 2.05) is 0 Å². The van der Waals surface area contributed by atoms with Crippen molar-refractivity contribution in [2.45, 2.75) is 290 Å². The number of allylic oxidation sites excluding steroid dienone is 26. The zero-order valence-electron chi connectivity index (χ0n) is 52.9. The molecule has 0 saturated carbocycles. The quantitative estimate of drug-likeness (QED) is 0.0261. The molecule has 462 valence electrons. The highest BCUT2D eigenvalue weighted by molar-refractivity contribution is 5.71. The Morgan fingerprint density at radius 3 is 0.756 bits per heavy atom. The summed E-state index contributed by atoms with van der Waals surface area (Å²) in [4.78, 5) is 38.4. The molecule has 1 unspecified atom stereocenters. The molecule has 0 aliphatic rings. The summed E-state index contributed by atoms with van der Waals surface area (Å²) >= 11 is 0. The van der Waals surface area contributed by atoms with Crippen molar-refractivity contribution in [1.82, 2.24) is 0 Å². The summed E-state index contributed by atoms with van der Waals surface area (Å²) in [6, 6.07) is 0. The van der Waals surface area contributed by atoms with E-state index in [1.165, 1.54) is 83.5 Å². The van der Waals surface area contributed by atoms with E-state index in [1.54, 1.807) is 0 Å². The maximum absolute atomic E-state index is 12.9. The third-order valence-corrected chi connectivity index (χ3v) is 13.8. The zero-order chi connectivity index (χ0) is 59.2. The van der Waals surface area contributed by atoms with Crippen LogP contribution in [0.5, 0.6) is 0 Å². The lowest BCUT2D eigenvalue weighted by molar-refractivity contribution is -0.167. The van der Waals surface area contributed by atoms with Crippen LogP contribution < -0.4 is 0 Å². The van der Waals surface area contributed by atoms with Gasteiger partial charge in [-0.15, -0.1) is 0 Å². The van der Waals surface area contributed by atoms with Gasteiger partial charge >= 0.3 is 17.9 Å². The summed E-state index contributed by atoms with van der Waals surface area (Å²) in [5.41, 5.74) is 0. The molecule has 6 nitrogen and oxygen atoms in total. The summed E-state index contributed by atoms with van der Waals surface area (Å²) in [5.74, 6) is -0.945. The van der Waals surface area contributed by atoms with Crippen LogP contribution in [0.25, 0.3) is 0 Å². The minimum Gasteiger partial charge on any atom is -0.462 e. The molecule has 1 atom stereocenters. The van der Waals surface area contributed by atoms with E-state index in [9.17, 15) is 14.4 Å². The highest BCUT2D eigenvalue weighted by Gasteiger charge is 2.19. The molecule has 0 aliphatic heterocycles. The van der Waals surface area contributed by atoms with Gasteiger partial charge < -0.3 is 14.2 Å². The Morgan fingerprint density at radius 1 is 0.256 bits per heavy atom. The summed E-state index contributed by atoms with van der Waals surface area (Å²) in [7, 11) is 0. The van der Waals surface area contributed by atoms with Gasteiger partial charge in [0, 0.05) is 19.3 Å². The molecule has 0 aliphatic carbocycles. The lowest BCUT2D eigenvalue weighted by atomic mass is 10.0. The van der Waals surface area contributed by atoms with E-state index >= 15 is 0 Å². The van der Waals surface area contributed by atoms with Crippen molar-refractivity contribution in [1.29, 1.82) is 0 Å². The lowest BCUT2D eigenvalue weighted by Crippen LogP contribution is -2.30. The van der Waals surface area contributed by atoms with Crippen molar-refractivity contribution in [3.63, 3.8) is 0 Å². The SMILES string of the molecule is CC/C=C\C/C=C\C/C=C\C/C=C\C/C=C\C/C=C\C/C=C\C/C=C\C/C=C\CCCCCC(=O)OCC(COC(=O)CCCCCCCCCCCCCCCC)OC(=O)CCCCCCCC/C=C\C/C=C\C/C=C\C/C=C\CC. The fourth-order valence-electron chi connectivity index (χ4n) is 8.84. The van der Waals surface area contributed by atoms with E-state index < -0.39 is 6.10 Å². The standard InChI is InChI=1S/C76H122O6/c1-4-7-10-13-16-19-22-25-28-30-32-33-34-35-36-37-38-39-40-41-42-43-45-46-48-51-54-57-60-63-66-69-75(78)81-72-73(71-80-74(77)68-65-62-59-56-53-50-27-24-21-18-15-12-9-6-3)82-76(79)70-67-64-61-58-55-52-49-47-44-31-29-26-23-20-17-14-11-8-5-2/h7-8,10-11,16-17,19-20,25-26,28-29,32-33,35-36,38-39,41-42,44-47,51,54,73H,4-6,9,12-15,18,21-24,27,30-31,34,37,40,43,48-50,52-53,55-72H2,1-3H3/b10-7-,11-8-,19-16-,20-17-,28-25-,29-26-,33-32-,36-35-,39-38-,42-41-,46-45-,47-44-,54-51-. The van der Waals surface area contributed by atoms with E-state index in [4.69, 9.17) is 14.2 Å².